The number of benzene rings is 2. The number of urea groups is 1. The molecule has 2 amide bonds. The fourth-order valence-electron chi connectivity index (χ4n) is 2.51. The summed E-state index contributed by atoms with van der Waals surface area (Å²) in [5.74, 6) is 1.60. The molecule has 1 aliphatic rings. The van der Waals surface area contributed by atoms with Crippen molar-refractivity contribution < 1.29 is 9.53 Å². The van der Waals surface area contributed by atoms with E-state index in [0.717, 1.165) is 11.3 Å². The molecule has 1 N–H and O–H groups in total. The SMILES string of the molecule is COc1cccc(NC(=O)N2CCS[C@@H]2c2ccccc2Cl)c1. The molecular formula is C17H17ClN2O2S. The topological polar surface area (TPSA) is 41.6 Å². The Bertz CT molecular complexity index is 710. The molecule has 2 aromatic rings. The first-order valence-electron chi connectivity index (χ1n) is 7.27. The van der Waals surface area contributed by atoms with Crippen LogP contribution in [-0.4, -0.2) is 30.3 Å². The lowest BCUT2D eigenvalue weighted by Gasteiger charge is -2.25. The molecule has 0 aromatic heterocycles. The Balaban J connectivity index is 1.77. The first kappa shape index (κ1) is 16.0. The van der Waals surface area contributed by atoms with Crippen molar-refractivity contribution in [2.75, 3.05) is 24.7 Å². The van der Waals surface area contributed by atoms with Crippen molar-refractivity contribution in [1.82, 2.24) is 4.90 Å². The van der Waals surface area contributed by atoms with Gasteiger partial charge >= 0.3 is 6.03 Å². The zero-order chi connectivity index (χ0) is 16.2. The van der Waals surface area contributed by atoms with Gasteiger partial charge in [0.2, 0.25) is 0 Å². The highest BCUT2D eigenvalue weighted by molar-refractivity contribution is 7.99. The zero-order valence-corrected chi connectivity index (χ0v) is 14.2. The molecule has 1 atom stereocenters. The highest BCUT2D eigenvalue weighted by Gasteiger charge is 2.31. The average Bonchev–Trinajstić information content (AvgIpc) is 3.05. The molecule has 0 radical (unpaired) electrons. The van der Waals surface area contributed by atoms with Gasteiger partial charge in [0.05, 0.1) is 7.11 Å². The molecular weight excluding hydrogens is 332 g/mol. The second kappa shape index (κ2) is 7.15. The summed E-state index contributed by atoms with van der Waals surface area (Å²) in [6.45, 7) is 0.691. The van der Waals surface area contributed by atoms with Crippen LogP contribution in [-0.2, 0) is 0 Å². The van der Waals surface area contributed by atoms with Crippen molar-refractivity contribution in [2.45, 2.75) is 5.37 Å². The number of methoxy groups -OCH3 is 1. The van der Waals surface area contributed by atoms with Crippen LogP contribution in [0.3, 0.4) is 0 Å². The highest BCUT2D eigenvalue weighted by Crippen LogP contribution is 2.41. The molecule has 3 rings (SSSR count). The molecule has 0 aliphatic carbocycles. The first-order valence-corrected chi connectivity index (χ1v) is 8.69. The van der Waals surface area contributed by atoms with Crippen LogP contribution in [0.25, 0.3) is 0 Å². The van der Waals surface area contributed by atoms with Gasteiger partial charge in [-0.2, -0.15) is 0 Å². The Morgan fingerprint density at radius 1 is 1.30 bits per heavy atom. The van der Waals surface area contributed by atoms with Crippen molar-refractivity contribution in [3.05, 3.63) is 59.1 Å². The van der Waals surface area contributed by atoms with Crippen LogP contribution in [0, 0.1) is 0 Å². The predicted molar refractivity (Wildman–Crippen MR) is 95.4 cm³/mol. The summed E-state index contributed by atoms with van der Waals surface area (Å²) in [6, 6.07) is 14.9. The molecule has 0 saturated carbocycles. The van der Waals surface area contributed by atoms with Gasteiger partial charge in [0.15, 0.2) is 0 Å². The second-order valence-electron chi connectivity index (χ2n) is 5.10. The van der Waals surface area contributed by atoms with Gasteiger partial charge in [-0.1, -0.05) is 35.9 Å². The van der Waals surface area contributed by atoms with E-state index in [4.69, 9.17) is 16.3 Å². The number of nitrogens with one attached hydrogen (secondary N) is 1. The number of amides is 2. The van der Waals surface area contributed by atoms with Crippen molar-refractivity contribution in [3.8, 4) is 5.75 Å². The largest absolute Gasteiger partial charge is 0.497 e. The summed E-state index contributed by atoms with van der Waals surface area (Å²) in [7, 11) is 1.60. The average molecular weight is 349 g/mol. The quantitative estimate of drug-likeness (QED) is 0.879. The van der Waals surface area contributed by atoms with Gasteiger partial charge in [-0.05, 0) is 18.2 Å². The van der Waals surface area contributed by atoms with Crippen molar-refractivity contribution in [3.63, 3.8) is 0 Å². The van der Waals surface area contributed by atoms with Crippen LogP contribution >= 0.6 is 23.4 Å². The Kier molecular flexibility index (Phi) is 4.98. The number of hydrogen-bond acceptors (Lipinski definition) is 3. The summed E-state index contributed by atoms with van der Waals surface area (Å²) in [4.78, 5) is 14.4. The van der Waals surface area contributed by atoms with Crippen LogP contribution in [0.1, 0.15) is 10.9 Å². The third-order valence-corrected chi connectivity index (χ3v) is 5.23. The molecule has 0 unspecified atom stereocenters. The number of hydrogen-bond donors (Lipinski definition) is 1. The summed E-state index contributed by atoms with van der Waals surface area (Å²) >= 11 is 8.01. The normalized spacial score (nSPS) is 17.1. The van der Waals surface area contributed by atoms with E-state index in [9.17, 15) is 4.79 Å². The molecule has 1 fully saturated rings. The molecule has 6 heteroatoms. The third-order valence-electron chi connectivity index (χ3n) is 3.64. The van der Waals surface area contributed by atoms with Crippen LogP contribution in [0.15, 0.2) is 48.5 Å². The molecule has 2 aromatic carbocycles. The smallest absolute Gasteiger partial charge is 0.323 e. The van der Waals surface area contributed by atoms with Crippen molar-refractivity contribution >= 4 is 35.1 Å². The predicted octanol–water partition coefficient (Wildman–Crippen LogP) is 4.63. The van der Waals surface area contributed by atoms with Gasteiger partial charge in [0.1, 0.15) is 11.1 Å². The molecule has 0 bridgehead atoms. The van der Waals surface area contributed by atoms with E-state index in [1.165, 1.54) is 0 Å². The van der Waals surface area contributed by atoms with E-state index in [1.807, 2.05) is 47.4 Å². The van der Waals surface area contributed by atoms with Crippen LogP contribution < -0.4 is 10.1 Å². The maximum absolute atomic E-state index is 12.6. The number of carbonyl (C=O) groups is 1. The van der Waals surface area contributed by atoms with E-state index in [-0.39, 0.29) is 11.4 Å². The molecule has 0 spiro atoms. The summed E-state index contributed by atoms with van der Waals surface area (Å²) in [5, 5.41) is 3.55. The second-order valence-corrected chi connectivity index (χ2v) is 6.70. The number of anilines is 1. The lowest BCUT2D eigenvalue weighted by atomic mass is 10.2. The third kappa shape index (κ3) is 3.57. The maximum Gasteiger partial charge on any atom is 0.323 e. The summed E-state index contributed by atoms with van der Waals surface area (Å²) < 4.78 is 5.18. The minimum absolute atomic E-state index is 0.0608. The zero-order valence-electron chi connectivity index (χ0n) is 12.7. The van der Waals surface area contributed by atoms with Gasteiger partial charge in [-0.25, -0.2) is 4.79 Å². The van der Waals surface area contributed by atoms with Gasteiger partial charge in [0.25, 0.3) is 0 Å². The number of ether oxygens (including phenoxy) is 1. The fraction of sp³-hybridized carbons (Fsp3) is 0.235. The number of nitrogens with zero attached hydrogens (tertiary/aromatic N) is 1. The lowest BCUT2D eigenvalue weighted by molar-refractivity contribution is 0.214. The Morgan fingerprint density at radius 2 is 2.13 bits per heavy atom. The Labute approximate surface area is 144 Å². The van der Waals surface area contributed by atoms with Crippen LogP contribution in [0.5, 0.6) is 5.75 Å². The van der Waals surface area contributed by atoms with Crippen molar-refractivity contribution in [1.29, 1.82) is 0 Å². The lowest BCUT2D eigenvalue weighted by Crippen LogP contribution is -2.34. The molecule has 4 nitrogen and oxygen atoms in total. The standard InChI is InChI=1S/C17H17ClN2O2S/c1-22-13-6-4-5-12(11-13)19-17(21)20-9-10-23-16(20)14-7-2-3-8-15(14)18/h2-8,11,16H,9-10H2,1H3,(H,19,21)/t16-/m1/s1. The van der Waals surface area contributed by atoms with Gasteiger partial charge < -0.3 is 15.0 Å². The monoisotopic (exact) mass is 348 g/mol. The summed E-state index contributed by atoms with van der Waals surface area (Å²) in [5.41, 5.74) is 1.68. The fourth-order valence-corrected chi connectivity index (χ4v) is 4.10. The molecule has 1 aliphatic heterocycles. The highest BCUT2D eigenvalue weighted by atomic mass is 35.5. The van der Waals surface area contributed by atoms with E-state index < -0.39 is 0 Å². The molecule has 120 valence electrons. The van der Waals surface area contributed by atoms with Gasteiger partial charge in [-0.15, -0.1) is 11.8 Å². The number of carbonyl (C=O) groups excluding carboxylic acids is 1. The summed E-state index contributed by atoms with van der Waals surface area (Å²) in [6.07, 6.45) is 0. The van der Waals surface area contributed by atoms with E-state index in [0.29, 0.717) is 23.0 Å². The Morgan fingerprint density at radius 3 is 2.91 bits per heavy atom. The van der Waals surface area contributed by atoms with Crippen LogP contribution in [0.2, 0.25) is 5.02 Å². The van der Waals surface area contributed by atoms with E-state index in [1.54, 1.807) is 24.9 Å². The van der Waals surface area contributed by atoms with E-state index in [2.05, 4.69) is 5.32 Å². The van der Waals surface area contributed by atoms with Crippen LogP contribution in [0.4, 0.5) is 10.5 Å². The minimum atomic E-state index is -0.131. The number of thioether (sulfide) groups is 1. The first-order chi connectivity index (χ1) is 11.2. The van der Waals surface area contributed by atoms with Crippen molar-refractivity contribution in [2.24, 2.45) is 0 Å². The van der Waals surface area contributed by atoms with Gasteiger partial charge in [-0.3, -0.25) is 0 Å². The number of rotatable bonds is 3. The molecule has 1 heterocycles. The minimum Gasteiger partial charge on any atom is -0.497 e. The Hall–Kier alpha value is -1.85. The maximum atomic E-state index is 12.6. The van der Waals surface area contributed by atoms with Gasteiger partial charge in [0, 0.05) is 34.6 Å². The molecule has 23 heavy (non-hydrogen) atoms. The van der Waals surface area contributed by atoms with E-state index >= 15 is 0 Å². The number of halogens is 1. The molecule has 1 saturated heterocycles.